The van der Waals surface area contributed by atoms with Crippen LogP contribution in [0.4, 0.5) is 0 Å². The predicted octanol–water partition coefficient (Wildman–Crippen LogP) is 3.07. The maximum atomic E-state index is 4.90. The molecule has 1 heterocycles. The molecule has 0 atom stereocenters. The summed E-state index contributed by atoms with van der Waals surface area (Å²) < 4.78 is 4.90. The van der Waals surface area contributed by atoms with Crippen molar-refractivity contribution in [3.8, 4) is 0 Å². The zero-order chi connectivity index (χ0) is 12.5. The predicted molar refractivity (Wildman–Crippen MR) is 68.7 cm³/mol. The van der Waals surface area contributed by atoms with Gasteiger partial charge in [0, 0.05) is 6.92 Å². The zero-order valence-corrected chi connectivity index (χ0v) is 11.3. The van der Waals surface area contributed by atoms with Crippen LogP contribution in [0, 0.1) is 12.8 Å². The molecule has 1 aromatic rings. The monoisotopic (exact) mass is 239 g/mol. The van der Waals surface area contributed by atoms with Crippen molar-refractivity contribution in [1.29, 1.82) is 0 Å². The van der Waals surface area contributed by atoms with Crippen molar-refractivity contribution in [3.05, 3.63) is 11.7 Å². The molecule has 0 aliphatic heterocycles. The van der Waals surface area contributed by atoms with Gasteiger partial charge in [-0.25, -0.2) is 0 Å². The number of nitrogens with zero attached hydrogens (tertiary/aromatic N) is 2. The lowest BCUT2D eigenvalue weighted by Gasteiger charge is -2.04. The van der Waals surface area contributed by atoms with Crippen LogP contribution in [0.5, 0.6) is 0 Å². The average molecular weight is 239 g/mol. The Morgan fingerprint density at radius 1 is 1.18 bits per heavy atom. The van der Waals surface area contributed by atoms with Gasteiger partial charge >= 0.3 is 0 Å². The fourth-order valence-corrected chi connectivity index (χ4v) is 1.77. The van der Waals surface area contributed by atoms with Gasteiger partial charge in [0.15, 0.2) is 5.82 Å². The highest BCUT2D eigenvalue weighted by Crippen LogP contribution is 2.08. The molecule has 4 heteroatoms. The van der Waals surface area contributed by atoms with Gasteiger partial charge in [0.25, 0.3) is 0 Å². The highest BCUT2D eigenvalue weighted by molar-refractivity contribution is 4.82. The minimum atomic E-state index is 0.635. The molecule has 0 amide bonds. The highest BCUT2D eigenvalue weighted by atomic mass is 16.5. The molecule has 1 aromatic heterocycles. The molecule has 0 saturated carbocycles. The van der Waals surface area contributed by atoms with Crippen molar-refractivity contribution in [2.45, 2.75) is 59.4 Å². The van der Waals surface area contributed by atoms with Crippen molar-refractivity contribution in [2.24, 2.45) is 5.92 Å². The van der Waals surface area contributed by atoms with E-state index in [-0.39, 0.29) is 0 Å². The molecule has 4 nitrogen and oxygen atoms in total. The van der Waals surface area contributed by atoms with Crippen molar-refractivity contribution in [3.63, 3.8) is 0 Å². The summed E-state index contributed by atoms with van der Waals surface area (Å²) in [4.78, 5) is 4.14. The van der Waals surface area contributed by atoms with Crippen LogP contribution in [-0.2, 0) is 6.54 Å². The van der Waals surface area contributed by atoms with Crippen LogP contribution < -0.4 is 5.32 Å². The van der Waals surface area contributed by atoms with Crippen molar-refractivity contribution >= 4 is 0 Å². The SMILES string of the molecule is Cc1nc(CNCCCCCCC(C)C)no1. The summed E-state index contributed by atoms with van der Waals surface area (Å²) in [5, 5.41) is 7.16. The Labute approximate surface area is 104 Å². The molecule has 1 N–H and O–H groups in total. The van der Waals surface area contributed by atoms with Crippen LogP contribution in [0.2, 0.25) is 0 Å². The first-order valence-electron chi connectivity index (χ1n) is 6.68. The van der Waals surface area contributed by atoms with Crippen LogP contribution in [0.25, 0.3) is 0 Å². The molecule has 0 unspecified atom stereocenters. The Morgan fingerprint density at radius 2 is 1.94 bits per heavy atom. The van der Waals surface area contributed by atoms with Gasteiger partial charge < -0.3 is 9.84 Å². The number of aryl methyl sites for hydroxylation is 1. The summed E-state index contributed by atoms with van der Waals surface area (Å²) >= 11 is 0. The van der Waals surface area contributed by atoms with E-state index in [1.807, 2.05) is 6.92 Å². The number of nitrogens with one attached hydrogen (secondary N) is 1. The third kappa shape index (κ3) is 7.10. The van der Waals surface area contributed by atoms with E-state index in [0.29, 0.717) is 12.4 Å². The van der Waals surface area contributed by atoms with Gasteiger partial charge in [0.2, 0.25) is 5.89 Å². The molecule has 0 radical (unpaired) electrons. The average Bonchev–Trinajstić information content (AvgIpc) is 2.68. The van der Waals surface area contributed by atoms with E-state index in [0.717, 1.165) is 18.3 Å². The molecule has 1 rings (SSSR count). The molecule has 0 aromatic carbocycles. The lowest BCUT2D eigenvalue weighted by molar-refractivity contribution is 0.385. The van der Waals surface area contributed by atoms with Gasteiger partial charge in [-0.3, -0.25) is 0 Å². The van der Waals surface area contributed by atoms with Gasteiger partial charge in [-0.15, -0.1) is 0 Å². The summed E-state index contributed by atoms with van der Waals surface area (Å²) in [7, 11) is 0. The fraction of sp³-hybridized carbons (Fsp3) is 0.846. The van der Waals surface area contributed by atoms with Crippen molar-refractivity contribution in [2.75, 3.05) is 6.54 Å². The van der Waals surface area contributed by atoms with E-state index >= 15 is 0 Å². The number of rotatable bonds is 9. The van der Waals surface area contributed by atoms with Crippen molar-refractivity contribution < 1.29 is 4.52 Å². The van der Waals surface area contributed by atoms with Crippen LogP contribution in [0.3, 0.4) is 0 Å². The normalized spacial score (nSPS) is 11.3. The first-order valence-corrected chi connectivity index (χ1v) is 6.68. The van der Waals surface area contributed by atoms with E-state index in [1.54, 1.807) is 0 Å². The van der Waals surface area contributed by atoms with E-state index in [4.69, 9.17) is 4.52 Å². The molecular weight excluding hydrogens is 214 g/mol. The number of aromatic nitrogens is 2. The minimum Gasteiger partial charge on any atom is -0.340 e. The molecule has 0 spiro atoms. The number of hydrogen-bond donors (Lipinski definition) is 1. The molecule has 0 bridgehead atoms. The molecular formula is C13H25N3O. The quantitative estimate of drug-likeness (QED) is 0.673. The summed E-state index contributed by atoms with van der Waals surface area (Å²) in [5.41, 5.74) is 0. The van der Waals surface area contributed by atoms with Gasteiger partial charge in [-0.1, -0.05) is 44.7 Å². The smallest absolute Gasteiger partial charge is 0.223 e. The van der Waals surface area contributed by atoms with E-state index < -0.39 is 0 Å². The molecule has 17 heavy (non-hydrogen) atoms. The largest absolute Gasteiger partial charge is 0.340 e. The first kappa shape index (κ1) is 14.2. The second-order valence-corrected chi connectivity index (χ2v) is 5.00. The third-order valence-corrected chi connectivity index (χ3v) is 2.74. The number of unbranched alkanes of at least 4 members (excludes halogenated alkanes) is 3. The van der Waals surface area contributed by atoms with Gasteiger partial charge in [0.05, 0.1) is 6.54 Å². The maximum Gasteiger partial charge on any atom is 0.223 e. The standard InChI is InChI=1S/C13H25N3O/c1-11(2)8-6-4-5-7-9-14-10-13-15-12(3)17-16-13/h11,14H,4-10H2,1-3H3. The summed E-state index contributed by atoms with van der Waals surface area (Å²) in [6.45, 7) is 8.13. The Bertz CT molecular complexity index is 297. The minimum absolute atomic E-state index is 0.635. The summed E-state index contributed by atoms with van der Waals surface area (Å²) in [5.74, 6) is 2.23. The lowest BCUT2D eigenvalue weighted by atomic mass is 10.0. The molecule has 0 saturated heterocycles. The Balaban J connectivity index is 1.88. The topological polar surface area (TPSA) is 51.0 Å². The summed E-state index contributed by atoms with van der Waals surface area (Å²) in [6, 6.07) is 0. The Morgan fingerprint density at radius 3 is 2.59 bits per heavy atom. The number of hydrogen-bond acceptors (Lipinski definition) is 4. The third-order valence-electron chi connectivity index (χ3n) is 2.74. The Kier molecular flexibility index (Phi) is 6.86. The second kappa shape index (κ2) is 8.23. The molecule has 0 aliphatic carbocycles. The summed E-state index contributed by atoms with van der Waals surface area (Å²) in [6.07, 6.45) is 6.61. The second-order valence-electron chi connectivity index (χ2n) is 5.00. The van der Waals surface area contributed by atoms with Crippen LogP contribution in [0.1, 0.15) is 57.7 Å². The molecule has 0 aliphatic rings. The fourth-order valence-electron chi connectivity index (χ4n) is 1.77. The van der Waals surface area contributed by atoms with Crippen LogP contribution >= 0.6 is 0 Å². The first-order chi connectivity index (χ1) is 8.18. The maximum absolute atomic E-state index is 4.90. The Hall–Kier alpha value is -0.900. The van der Waals surface area contributed by atoms with Crippen LogP contribution in [-0.4, -0.2) is 16.7 Å². The van der Waals surface area contributed by atoms with E-state index in [2.05, 4.69) is 29.3 Å². The molecule has 0 fully saturated rings. The zero-order valence-electron chi connectivity index (χ0n) is 11.3. The molecule has 98 valence electrons. The highest BCUT2D eigenvalue weighted by Gasteiger charge is 2.00. The lowest BCUT2D eigenvalue weighted by Crippen LogP contribution is -2.15. The van der Waals surface area contributed by atoms with E-state index in [1.165, 1.54) is 32.1 Å². The van der Waals surface area contributed by atoms with Gasteiger partial charge in [-0.05, 0) is 18.9 Å². The van der Waals surface area contributed by atoms with E-state index in [9.17, 15) is 0 Å². The van der Waals surface area contributed by atoms with Gasteiger partial charge in [0.1, 0.15) is 0 Å². The van der Waals surface area contributed by atoms with Crippen LogP contribution in [0.15, 0.2) is 4.52 Å². The van der Waals surface area contributed by atoms with Gasteiger partial charge in [-0.2, -0.15) is 4.98 Å². The van der Waals surface area contributed by atoms with Crippen molar-refractivity contribution in [1.82, 2.24) is 15.5 Å².